The van der Waals surface area contributed by atoms with Crippen LogP contribution < -0.4 is 0 Å². The van der Waals surface area contributed by atoms with Crippen LogP contribution in [0.25, 0.3) is 0 Å². The fourth-order valence-corrected chi connectivity index (χ4v) is 7.20. The van der Waals surface area contributed by atoms with Gasteiger partial charge >= 0.3 is 0 Å². The Morgan fingerprint density at radius 3 is 1.30 bits per heavy atom. The molecule has 2 aliphatic carbocycles. The first-order valence-electron chi connectivity index (χ1n) is 13.3. The zero-order chi connectivity index (χ0) is 23.6. The maximum atomic E-state index is 2.70. The summed E-state index contributed by atoms with van der Waals surface area (Å²) in [6, 6.07) is 23.1. The van der Waals surface area contributed by atoms with E-state index in [-0.39, 0.29) is 5.41 Å². The zero-order valence-electron chi connectivity index (χ0n) is 21.7. The molecule has 0 heteroatoms. The molecule has 0 bridgehead atoms. The third-order valence-corrected chi connectivity index (χ3v) is 8.86. The van der Waals surface area contributed by atoms with Crippen LogP contribution in [0.1, 0.15) is 78.4 Å². The highest BCUT2D eigenvalue weighted by atomic mass is 14.6. The Kier molecular flexibility index (Phi) is 7.32. The smallest absolute Gasteiger partial charge is 0.0333 e. The summed E-state index contributed by atoms with van der Waals surface area (Å²) in [6.45, 7) is 14.5. The number of rotatable bonds is 6. The van der Waals surface area contributed by atoms with Gasteiger partial charge < -0.3 is 0 Å². The molecule has 0 spiro atoms. The summed E-state index contributed by atoms with van der Waals surface area (Å²) in [7, 11) is 0. The van der Waals surface area contributed by atoms with Gasteiger partial charge in [0.2, 0.25) is 0 Å². The first kappa shape index (κ1) is 24.1. The van der Waals surface area contributed by atoms with Crippen LogP contribution >= 0.6 is 0 Å². The van der Waals surface area contributed by atoms with Gasteiger partial charge in [-0.3, -0.25) is 0 Å². The van der Waals surface area contributed by atoms with E-state index in [1.54, 1.807) is 11.1 Å². The molecular weight excluding hydrogens is 396 g/mol. The van der Waals surface area contributed by atoms with Crippen LogP contribution in [0.15, 0.2) is 84.0 Å². The molecule has 4 rings (SSSR count). The van der Waals surface area contributed by atoms with E-state index in [1.807, 2.05) is 0 Å². The molecule has 0 saturated carbocycles. The monoisotopic (exact) mass is 440 g/mol. The molecule has 0 N–H and O–H groups in total. The fraction of sp³-hybridized carbons (Fsp3) is 0.515. The Balaban J connectivity index is 2.10. The van der Waals surface area contributed by atoms with Gasteiger partial charge in [0.1, 0.15) is 0 Å². The Morgan fingerprint density at radius 2 is 0.970 bits per heavy atom. The molecule has 0 amide bonds. The minimum Gasteiger partial charge on any atom is -0.0810 e. The van der Waals surface area contributed by atoms with Crippen LogP contribution in [0.5, 0.6) is 0 Å². The van der Waals surface area contributed by atoms with Gasteiger partial charge in [-0.1, -0.05) is 112 Å². The van der Waals surface area contributed by atoms with E-state index < -0.39 is 0 Å². The first-order chi connectivity index (χ1) is 15.9. The van der Waals surface area contributed by atoms with Crippen molar-refractivity contribution in [2.75, 3.05) is 0 Å². The molecule has 0 saturated heterocycles. The molecule has 33 heavy (non-hydrogen) atoms. The summed E-state index contributed by atoms with van der Waals surface area (Å²) in [5.41, 5.74) is 6.09. The highest BCUT2D eigenvalue weighted by Gasteiger charge is 2.53. The molecule has 0 fully saturated rings. The average molecular weight is 441 g/mol. The fourth-order valence-electron chi connectivity index (χ4n) is 7.20. The van der Waals surface area contributed by atoms with Gasteiger partial charge in [0, 0.05) is 5.41 Å². The predicted molar refractivity (Wildman–Crippen MR) is 143 cm³/mol. The van der Waals surface area contributed by atoms with Gasteiger partial charge in [-0.25, -0.2) is 0 Å². The summed E-state index contributed by atoms with van der Waals surface area (Å²) in [5, 5.41) is 0. The molecule has 0 heterocycles. The lowest BCUT2D eigenvalue weighted by Crippen LogP contribution is -2.51. The van der Waals surface area contributed by atoms with Gasteiger partial charge in [0.05, 0.1) is 0 Å². The van der Waals surface area contributed by atoms with Crippen LogP contribution in [0.4, 0.5) is 0 Å². The van der Waals surface area contributed by atoms with Crippen molar-refractivity contribution in [3.8, 4) is 0 Å². The lowest BCUT2D eigenvalue weighted by atomic mass is 9.48. The second-order valence-electron chi connectivity index (χ2n) is 11.6. The first-order valence-corrected chi connectivity index (χ1v) is 13.3. The van der Waals surface area contributed by atoms with E-state index in [0.717, 1.165) is 0 Å². The molecule has 4 atom stereocenters. The quantitative estimate of drug-likeness (QED) is 0.393. The summed E-state index contributed by atoms with van der Waals surface area (Å²) in [4.78, 5) is 0. The Labute approximate surface area is 203 Å². The summed E-state index contributed by atoms with van der Waals surface area (Å²) in [5.74, 6) is 3.67. The Morgan fingerprint density at radius 1 is 0.606 bits per heavy atom. The predicted octanol–water partition coefficient (Wildman–Crippen LogP) is 9.23. The largest absolute Gasteiger partial charge is 0.0810 e. The maximum Gasteiger partial charge on any atom is 0.0333 e. The summed E-state index contributed by atoms with van der Waals surface area (Å²) >= 11 is 0. The number of allylic oxidation sites excluding steroid dienone is 4. The van der Waals surface area contributed by atoms with Crippen molar-refractivity contribution in [2.45, 2.75) is 72.6 Å². The molecular formula is C33H44. The highest BCUT2D eigenvalue weighted by molar-refractivity contribution is 5.46. The number of hydrogen-bond acceptors (Lipinski definition) is 0. The van der Waals surface area contributed by atoms with Crippen molar-refractivity contribution in [3.05, 3.63) is 95.1 Å². The van der Waals surface area contributed by atoms with Crippen molar-refractivity contribution in [3.63, 3.8) is 0 Å². The SMILES string of the molecule is CC1=CC(C(c2ccccc2)(c2ccccc2)C2C=C(C)CCC2C(C)C)C(C(C)C)CC1. The van der Waals surface area contributed by atoms with Crippen molar-refractivity contribution in [1.29, 1.82) is 0 Å². The molecule has 4 unspecified atom stereocenters. The molecule has 0 radical (unpaired) electrons. The van der Waals surface area contributed by atoms with E-state index in [9.17, 15) is 0 Å². The molecule has 2 aromatic carbocycles. The normalized spacial score (nSPS) is 26.3. The van der Waals surface area contributed by atoms with Crippen LogP contribution in [0.3, 0.4) is 0 Å². The molecule has 0 aliphatic heterocycles. The van der Waals surface area contributed by atoms with Gasteiger partial charge in [-0.2, -0.15) is 0 Å². The Bertz CT molecular complexity index is 878. The molecule has 2 aliphatic rings. The lowest BCUT2D eigenvalue weighted by molar-refractivity contribution is 0.103. The minimum absolute atomic E-state index is 0.0598. The molecule has 0 aromatic heterocycles. The third kappa shape index (κ3) is 4.51. The zero-order valence-corrected chi connectivity index (χ0v) is 21.7. The van der Waals surface area contributed by atoms with Gasteiger partial charge in [-0.05, 0) is 86.2 Å². The van der Waals surface area contributed by atoms with Gasteiger partial charge in [0.25, 0.3) is 0 Å². The Hall–Kier alpha value is -2.08. The standard InChI is InChI=1S/C33H44/c1-23(2)29-19-17-25(5)21-31(29)33(27-13-9-7-10-14-27,28-15-11-8-12-16-28)32-22-26(6)18-20-30(32)24(3)4/h7-16,21-24,29-32H,17-20H2,1-6H3. The van der Waals surface area contributed by atoms with Crippen molar-refractivity contribution >= 4 is 0 Å². The summed E-state index contributed by atoms with van der Waals surface area (Å²) in [6.07, 6.45) is 10.5. The topological polar surface area (TPSA) is 0 Å². The van der Waals surface area contributed by atoms with E-state index in [1.165, 1.54) is 36.8 Å². The number of hydrogen-bond donors (Lipinski definition) is 0. The van der Waals surface area contributed by atoms with Crippen molar-refractivity contribution in [1.82, 2.24) is 0 Å². The van der Waals surface area contributed by atoms with E-state index in [2.05, 4.69) is 114 Å². The van der Waals surface area contributed by atoms with Crippen molar-refractivity contribution < 1.29 is 0 Å². The second kappa shape index (κ2) is 10.0. The highest BCUT2D eigenvalue weighted by Crippen LogP contribution is 2.58. The van der Waals surface area contributed by atoms with E-state index in [0.29, 0.717) is 35.5 Å². The third-order valence-electron chi connectivity index (χ3n) is 8.86. The number of benzene rings is 2. The molecule has 176 valence electrons. The van der Waals surface area contributed by atoms with Crippen LogP contribution in [-0.2, 0) is 5.41 Å². The van der Waals surface area contributed by atoms with Crippen LogP contribution in [-0.4, -0.2) is 0 Å². The van der Waals surface area contributed by atoms with E-state index >= 15 is 0 Å². The maximum absolute atomic E-state index is 2.70. The molecule has 0 nitrogen and oxygen atoms in total. The lowest BCUT2D eigenvalue weighted by Gasteiger charge is -2.54. The van der Waals surface area contributed by atoms with E-state index in [4.69, 9.17) is 0 Å². The van der Waals surface area contributed by atoms with Crippen LogP contribution in [0.2, 0.25) is 0 Å². The minimum atomic E-state index is -0.0598. The molecule has 2 aromatic rings. The second-order valence-corrected chi connectivity index (χ2v) is 11.6. The average Bonchev–Trinajstić information content (AvgIpc) is 2.81. The summed E-state index contributed by atoms with van der Waals surface area (Å²) < 4.78 is 0. The van der Waals surface area contributed by atoms with Gasteiger partial charge in [0.15, 0.2) is 0 Å². The van der Waals surface area contributed by atoms with Gasteiger partial charge in [-0.15, -0.1) is 0 Å². The van der Waals surface area contributed by atoms with Crippen LogP contribution in [0, 0.1) is 35.5 Å². The van der Waals surface area contributed by atoms with Crippen molar-refractivity contribution in [2.24, 2.45) is 35.5 Å².